The zero-order valence-corrected chi connectivity index (χ0v) is 9.95. The van der Waals surface area contributed by atoms with Crippen molar-refractivity contribution < 1.29 is 19.1 Å². The van der Waals surface area contributed by atoms with Crippen LogP contribution in [0.25, 0.3) is 0 Å². The highest BCUT2D eigenvalue weighted by molar-refractivity contribution is 5.88. The van der Waals surface area contributed by atoms with Gasteiger partial charge in [-0.05, 0) is 6.42 Å². The Labute approximate surface area is 101 Å². The molecule has 0 unspecified atom stereocenters. The molecule has 0 fully saturated rings. The maximum Gasteiger partial charge on any atom is 0.384 e. The van der Waals surface area contributed by atoms with E-state index < -0.39 is 5.97 Å². The lowest BCUT2D eigenvalue weighted by Crippen LogP contribution is -2.25. The fraction of sp³-hybridized carbons (Fsp3) is 0.500. The fourth-order valence-corrected chi connectivity index (χ4v) is 0.781. The first-order valence-corrected chi connectivity index (χ1v) is 5.33. The number of carbonyl (C=O) groups is 2. The molecule has 0 aromatic carbocycles. The molecule has 0 spiro atoms. The summed E-state index contributed by atoms with van der Waals surface area (Å²) < 4.78 is 9.44. The van der Waals surface area contributed by atoms with E-state index in [9.17, 15) is 9.59 Å². The number of ether oxygens (including phenoxy) is 2. The van der Waals surface area contributed by atoms with Crippen LogP contribution in [0.15, 0.2) is 12.7 Å². The Morgan fingerprint density at radius 1 is 1.41 bits per heavy atom. The summed E-state index contributed by atoms with van der Waals surface area (Å²) in [6, 6.07) is 0. The highest BCUT2D eigenvalue weighted by atomic mass is 16.5. The molecule has 17 heavy (non-hydrogen) atoms. The van der Waals surface area contributed by atoms with Crippen molar-refractivity contribution in [1.29, 1.82) is 0 Å². The summed E-state index contributed by atoms with van der Waals surface area (Å²) in [7, 11) is 0. The van der Waals surface area contributed by atoms with Crippen molar-refractivity contribution in [2.24, 2.45) is 0 Å². The van der Waals surface area contributed by atoms with Gasteiger partial charge in [0.15, 0.2) is 0 Å². The fourth-order valence-electron chi connectivity index (χ4n) is 0.781. The average Bonchev–Trinajstić information content (AvgIpc) is 2.33. The quantitative estimate of drug-likeness (QED) is 0.227. The molecule has 0 aromatic rings. The smallest absolute Gasteiger partial charge is 0.384 e. The van der Waals surface area contributed by atoms with E-state index in [4.69, 9.17) is 4.74 Å². The van der Waals surface area contributed by atoms with Gasteiger partial charge in [0.1, 0.15) is 6.61 Å². The van der Waals surface area contributed by atoms with Crippen molar-refractivity contribution in [3.05, 3.63) is 12.7 Å². The first-order valence-electron chi connectivity index (χ1n) is 5.33. The van der Waals surface area contributed by atoms with Gasteiger partial charge in [-0.15, -0.1) is 0 Å². The van der Waals surface area contributed by atoms with Gasteiger partial charge >= 0.3 is 11.9 Å². The van der Waals surface area contributed by atoms with Gasteiger partial charge < -0.3 is 9.47 Å². The van der Waals surface area contributed by atoms with Crippen molar-refractivity contribution >= 4 is 11.9 Å². The second-order valence-corrected chi connectivity index (χ2v) is 3.01. The Balaban J connectivity index is 3.56. The Morgan fingerprint density at radius 2 is 2.18 bits per heavy atom. The predicted molar refractivity (Wildman–Crippen MR) is 63.1 cm³/mol. The standard InChI is InChI=1S/C12H17NO4/c1-3-8-16-11(14)6-5-7-13-10-12(15)17-9-4-2/h3,13H,1,4,7-10H2,2H3. The molecule has 94 valence electrons. The molecule has 0 rings (SSSR count). The summed E-state index contributed by atoms with van der Waals surface area (Å²) in [4.78, 5) is 21.9. The first-order chi connectivity index (χ1) is 8.20. The Bertz CT molecular complexity index is 314. The molecule has 1 N–H and O–H groups in total. The van der Waals surface area contributed by atoms with Gasteiger partial charge in [-0.1, -0.05) is 25.5 Å². The van der Waals surface area contributed by atoms with E-state index in [1.807, 2.05) is 6.92 Å². The lowest BCUT2D eigenvalue weighted by Gasteiger charge is -2.01. The van der Waals surface area contributed by atoms with E-state index in [1.54, 1.807) is 0 Å². The minimum Gasteiger partial charge on any atom is -0.465 e. The maximum absolute atomic E-state index is 11.0. The highest BCUT2D eigenvalue weighted by Gasteiger charge is 1.99. The zero-order valence-electron chi connectivity index (χ0n) is 9.95. The van der Waals surface area contributed by atoms with E-state index in [0.717, 1.165) is 6.42 Å². The minimum absolute atomic E-state index is 0.0797. The average molecular weight is 239 g/mol. The molecule has 0 aliphatic carbocycles. The molecule has 0 atom stereocenters. The minimum atomic E-state index is -0.611. The normalized spacial score (nSPS) is 8.76. The molecular formula is C12H17NO4. The van der Waals surface area contributed by atoms with Crippen LogP contribution in [-0.2, 0) is 19.1 Å². The van der Waals surface area contributed by atoms with Crippen LogP contribution in [0.2, 0.25) is 0 Å². The summed E-state index contributed by atoms with van der Waals surface area (Å²) in [5.74, 6) is 3.85. The van der Waals surface area contributed by atoms with Gasteiger partial charge in [-0.3, -0.25) is 10.1 Å². The molecule has 5 heteroatoms. The number of nitrogens with one attached hydrogen (secondary N) is 1. The Morgan fingerprint density at radius 3 is 2.82 bits per heavy atom. The topological polar surface area (TPSA) is 64.6 Å². The summed E-state index contributed by atoms with van der Waals surface area (Å²) >= 11 is 0. The Hall–Kier alpha value is -1.80. The molecule has 0 bridgehead atoms. The number of hydrogen-bond donors (Lipinski definition) is 1. The van der Waals surface area contributed by atoms with Gasteiger partial charge in [0, 0.05) is 5.92 Å². The van der Waals surface area contributed by atoms with Crippen LogP contribution >= 0.6 is 0 Å². The van der Waals surface area contributed by atoms with Gasteiger partial charge in [-0.2, -0.15) is 0 Å². The molecule has 0 aromatic heterocycles. The van der Waals surface area contributed by atoms with E-state index in [1.165, 1.54) is 6.08 Å². The molecule has 0 heterocycles. The third-order valence-corrected chi connectivity index (χ3v) is 1.47. The van der Waals surface area contributed by atoms with Gasteiger partial charge in [-0.25, -0.2) is 4.79 Å². The second kappa shape index (κ2) is 10.7. The zero-order chi connectivity index (χ0) is 12.9. The molecule has 0 amide bonds. The number of hydrogen-bond acceptors (Lipinski definition) is 5. The van der Waals surface area contributed by atoms with Crippen LogP contribution in [-0.4, -0.2) is 38.2 Å². The van der Waals surface area contributed by atoms with E-state index >= 15 is 0 Å². The van der Waals surface area contributed by atoms with Crippen LogP contribution in [0.3, 0.4) is 0 Å². The highest BCUT2D eigenvalue weighted by Crippen LogP contribution is 1.80. The van der Waals surface area contributed by atoms with Crippen molar-refractivity contribution in [2.45, 2.75) is 13.3 Å². The van der Waals surface area contributed by atoms with Crippen LogP contribution in [0.1, 0.15) is 13.3 Å². The van der Waals surface area contributed by atoms with E-state index in [2.05, 4.69) is 28.5 Å². The molecule has 0 aliphatic rings. The van der Waals surface area contributed by atoms with Crippen molar-refractivity contribution in [1.82, 2.24) is 5.32 Å². The van der Waals surface area contributed by atoms with Crippen molar-refractivity contribution in [3.63, 3.8) is 0 Å². The number of esters is 2. The molecule has 0 saturated heterocycles. The lowest BCUT2D eigenvalue weighted by atomic mass is 10.5. The molecule has 5 nitrogen and oxygen atoms in total. The maximum atomic E-state index is 11.0. The number of rotatable bonds is 7. The van der Waals surface area contributed by atoms with Crippen molar-refractivity contribution in [3.8, 4) is 11.8 Å². The molecule has 0 aliphatic heterocycles. The molecule has 0 saturated carbocycles. The summed E-state index contributed by atoms with van der Waals surface area (Å²) in [6.07, 6.45) is 2.25. The molecular weight excluding hydrogens is 222 g/mol. The van der Waals surface area contributed by atoms with E-state index in [0.29, 0.717) is 6.61 Å². The van der Waals surface area contributed by atoms with Crippen LogP contribution < -0.4 is 5.32 Å². The largest absolute Gasteiger partial charge is 0.465 e. The lowest BCUT2D eigenvalue weighted by molar-refractivity contribution is -0.142. The predicted octanol–water partition coefficient (Wildman–Crippen LogP) is 0.262. The Kier molecular flexibility index (Phi) is 9.58. The summed E-state index contributed by atoms with van der Waals surface area (Å²) in [5.41, 5.74) is 0. The van der Waals surface area contributed by atoms with Crippen LogP contribution in [0, 0.1) is 11.8 Å². The van der Waals surface area contributed by atoms with Crippen LogP contribution in [0.4, 0.5) is 0 Å². The van der Waals surface area contributed by atoms with Crippen LogP contribution in [0.5, 0.6) is 0 Å². The third-order valence-electron chi connectivity index (χ3n) is 1.47. The summed E-state index contributed by atoms with van der Waals surface area (Å²) in [6.45, 7) is 6.18. The number of carbonyl (C=O) groups excluding carboxylic acids is 2. The monoisotopic (exact) mass is 239 g/mol. The van der Waals surface area contributed by atoms with Gasteiger partial charge in [0.2, 0.25) is 0 Å². The third kappa shape index (κ3) is 10.5. The van der Waals surface area contributed by atoms with Gasteiger partial charge in [0.25, 0.3) is 0 Å². The first kappa shape index (κ1) is 15.2. The summed E-state index contributed by atoms with van der Waals surface area (Å²) in [5, 5.41) is 2.73. The SMILES string of the molecule is C=CCOC(=O)C#CCNCC(=O)OCCC. The van der Waals surface area contributed by atoms with Gasteiger partial charge in [0.05, 0.1) is 19.7 Å². The second-order valence-electron chi connectivity index (χ2n) is 3.01. The molecule has 0 radical (unpaired) electrons. The van der Waals surface area contributed by atoms with E-state index in [-0.39, 0.29) is 25.7 Å². The van der Waals surface area contributed by atoms with Crippen molar-refractivity contribution in [2.75, 3.05) is 26.3 Å².